The Kier molecular flexibility index (Phi) is 7.42. The number of carbonyl (C=O) groups excluding carboxylic acids is 2. The molecule has 0 heterocycles. The van der Waals surface area contributed by atoms with Crippen molar-refractivity contribution in [2.75, 3.05) is 18.4 Å². The molecule has 0 radical (unpaired) electrons. The smallest absolute Gasteiger partial charge is 0.246 e. The average molecular weight is 343 g/mol. The molecule has 2 amide bonds. The van der Waals surface area contributed by atoms with Gasteiger partial charge < -0.3 is 10.2 Å². The van der Waals surface area contributed by atoms with Crippen molar-refractivity contribution < 1.29 is 9.59 Å². The molecular formula is C16H20Cl2N2O2. The largest absolute Gasteiger partial charge is 0.330 e. The highest BCUT2D eigenvalue weighted by molar-refractivity contribution is 6.36. The number of anilines is 1. The number of carbonyl (C=O) groups is 2. The average Bonchev–Trinajstić information content (AvgIpc) is 2.40. The summed E-state index contributed by atoms with van der Waals surface area (Å²) in [4.78, 5) is 25.7. The fraction of sp³-hybridized carbons (Fsp3) is 0.375. The number of benzene rings is 1. The maximum Gasteiger partial charge on any atom is 0.246 e. The number of nitrogens with one attached hydrogen (secondary N) is 1. The molecule has 0 bridgehead atoms. The first-order chi connectivity index (χ1) is 10.3. The number of hydrogen-bond donors (Lipinski definition) is 1. The molecule has 22 heavy (non-hydrogen) atoms. The molecule has 6 heteroatoms. The molecule has 0 fully saturated rings. The number of amides is 2. The topological polar surface area (TPSA) is 49.4 Å². The van der Waals surface area contributed by atoms with E-state index in [9.17, 15) is 9.59 Å². The quantitative estimate of drug-likeness (QED) is 0.790. The number of halogens is 2. The van der Waals surface area contributed by atoms with Crippen LogP contribution in [-0.4, -0.2) is 29.8 Å². The van der Waals surface area contributed by atoms with Gasteiger partial charge in [0.2, 0.25) is 11.8 Å². The first kappa shape index (κ1) is 18.5. The minimum atomic E-state index is -0.298. The third-order valence-corrected chi connectivity index (χ3v) is 3.30. The number of nitrogens with zero attached hydrogens (tertiary/aromatic N) is 1. The van der Waals surface area contributed by atoms with Crippen LogP contribution in [0.5, 0.6) is 0 Å². The Hall–Kier alpha value is -1.52. The summed E-state index contributed by atoms with van der Waals surface area (Å²) < 4.78 is 0. The summed E-state index contributed by atoms with van der Waals surface area (Å²) in [5.74, 6) is -0.465. The van der Waals surface area contributed by atoms with Gasteiger partial charge in [0.1, 0.15) is 6.54 Å². The molecule has 1 rings (SSSR count). The van der Waals surface area contributed by atoms with E-state index in [0.717, 1.165) is 12.0 Å². The summed E-state index contributed by atoms with van der Waals surface area (Å²) >= 11 is 11.8. The van der Waals surface area contributed by atoms with E-state index in [1.165, 1.54) is 11.0 Å². The lowest BCUT2D eigenvalue weighted by atomic mass is 10.2. The molecule has 1 aromatic carbocycles. The summed E-state index contributed by atoms with van der Waals surface area (Å²) in [5, 5.41) is 3.54. The van der Waals surface area contributed by atoms with Gasteiger partial charge >= 0.3 is 0 Å². The zero-order chi connectivity index (χ0) is 16.7. The van der Waals surface area contributed by atoms with Gasteiger partial charge in [-0.1, -0.05) is 35.7 Å². The van der Waals surface area contributed by atoms with Crippen LogP contribution in [0.25, 0.3) is 0 Å². The lowest BCUT2D eigenvalue weighted by Gasteiger charge is -2.20. The zero-order valence-corrected chi connectivity index (χ0v) is 14.5. The second-order valence-corrected chi connectivity index (χ2v) is 6.00. The Bertz CT molecular complexity index is 582. The van der Waals surface area contributed by atoms with Gasteiger partial charge in [-0.25, -0.2) is 0 Å². The van der Waals surface area contributed by atoms with Gasteiger partial charge in [-0.05, 0) is 38.5 Å². The summed E-state index contributed by atoms with van der Waals surface area (Å²) in [6.07, 6.45) is 2.30. The van der Waals surface area contributed by atoms with Crippen LogP contribution < -0.4 is 5.32 Å². The van der Waals surface area contributed by atoms with Crippen molar-refractivity contribution >= 4 is 40.7 Å². The Labute approximate surface area is 141 Å². The summed E-state index contributed by atoms with van der Waals surface area (Å²) in [6, 6.07) is 4.82. The van der Waals surface area contributed by atoms with Gasteiger partial charge in [0.05, 0.1) is 10.7 Å². The molecule has 0 spiro atoms. The third kappa shape index (κ3) is 6.08. The molecule has 0 aliphatic carbocycles. The Morgan fingerprint density at radius 3 is 2.50 bits per heavy atom. The van der Waals surface area contributed by atoms with E-state index < -0.39 is 0 Å². The van der Waals surface area contributed by atoms with E-state index in [1.54, 1.807) is 18.2 Å². The molecular weight excluding hydrogens is 323 g/mol. The molecule has 1 aromatic rings. The fourth-order valence-electron chi connectivity index (χ4n) is 1.83. The summed E-state index contributed by atoms with van der Waals surface area (Å²) in [5.41, 5.74) is 1.37. The minimum absolute atomic E-state index is 0.0184. The van der Waals surface area contributed by atoms with E-state index >= 15 is 0 Å². The van der Waals surface area contributed by atoms with E-state index in [2.05, 4.69) is 5.32 Å². The molecule has 4 nitrogen and oxygen atoms in total. The summed E-state index contributed by atoms with van der Waals surface area (Å²) in [6.45, 7) is 6.14. The molecule has 0 atom stereocenters. The van der Waals surface area contributed by atoms with Crippen LogP contribution >= 0.6 is 23.2 Å². The van der Waals surface area contributed by atoms with E-state index in [-0.39, 0.29) is 18.4 Å². The van der Waals surface area contributed by atoms with Gasteiger partial charge in [-0.15, -0.1) is 0 Å². The van der Waals surface area contributed by atoms with Crippen LogP contribution in [0, 0.1) is 0 Å². The van der Waals surface area contributed by atoms with Gasteiger partial charge in [-0.3, -0.25) is 9.59 Å². The Morgan fingerprint density at radius 2 is 1.95 bits per heavy atom. The molecule has 0 saturated carbocycles. The SMILES string of the molecule is CCCN(CC(=O)Nc1ccc(Cl)cc1Cl)C(=O)C=C(C)C. The number of rotatable bonds is 6. The number of allylic oxidation sites excluding steroid dienone is 1. The highest BCUT2D eigenvalue weighted by Crippen LogP contribution is 2.25. The minimum Gasteiger partial charge on any atom is -0.330 e. The number of hydrogen-bond acceptors (Lipinski definition) is 2. The van der Waals surface area contributed by atoms with Gasteiger partial charge in [0.15, 0.2) is 0 Å². The maximum absolute atomic E-state index is 12.1. The van der Waals surface area contributed by atoms with Crippen molar-refractivity contribution in [1.82, 2.24) is 4.90 Å². The van der Waals surface area contributed by atoms with Crippen LogP contribution in [0.3, 0.4) is 0 Å². The molecule has 0 aliphatic rings. The lowest BCUT2D eigenvalue weighted by Crippen LogP contribution is -2.37. The second kappa shape index (κ2) is 8.81. The van der Waals surface area contributed by atoms with Crippen LogP contribution in [0.1, 0.15) is 27.2 Å². The zero-order valence-electron chi connectivity index (χ0n) is 13.0. The van der Waals surface area contributed by atoms with Crippen molar-refractivity contribution in [3.05, 3.63) is 39.9 Å². The summed E-state index contributed by atoms with van der Waals surface area (Å²) in [7, 11) is 0. The van der Waals surface area contributed by atoms with Crippen molar-refractivity contribution in [3.8, 4) is 0 Å². The van der Waals surface area contributed by atoms with Crippen molar-refractivity contribution in [3.63, 3.8) is 0 Å². The monoisotopic (exact) mass is 342 g/mol. The fourth-order valence-corrected chi connectivity index (χ4v) is 2.28. The maximum atomic E-state index is 12.1. The normalized spacial score (nSPS) is 10.0. The van der Waals surface area contributed by atoms with Crippen LogP contribution in [0.4, 0.5) is 5.69 Å². The standard InChI is InChI=1S/C16H20Cl2N2O2/c1-4-7-20(16(22)8-11(2)3)10-15(21)19-14-6-5-12(17)9-13(14)18/h5-6,8-9H,4,7,10H2,1-3H3,(H,19,21). The van der Waals surface area contributed by atoms with Crippen LogP contribution in [0.15, 0.2) is 29.8 Å². The molecule has 120 valence electrons. The lowest BCUT2D eigenvalue weighted by molar-refractivity contribution is -0.130. The predicted molar refractivity (Wildman–Crippen MR) is 91.4 cm³/mol. The van der Waals surface area contributed by atoms with E-state index in [1.807, 2.05) is 20.8 Å². The van der Waals surface area contributed by atoms with Crippen LogP contribution in [0.2, 0.25) is 10.0 Å². The predicted octanol–water partition coefficient (Wildman–Crippen LogP) is 4.14. The molecule has 0 unspecified atom stereocenters. The van der Waals surface area contributed by atoms with E-state index in [4.69, 9.17) is 23.2 Å². The Morgan fingerprint density at radius 1 is 1.27 bits per heavy atom. The molecule has 0 saturated heterocycles. The van der Waals surface area contributed by atoms with Crippen LogP contribution in [-0.2, 0) is 9.59 Å². The Balaban J connectivity index is 2.75. The van der Waals surface area contributed by atoms with Gasteiger partial charge in [0.25, 0.3) is 0 Å². The first-order valence-electron chi connectivity index (χ1n) is 7.02. The highest BCUT2D eigenvalue weighted by atomic mass is 35.5. The van der Waals surface area contributed by atoms with Crippen molar-refractivity contribution in [1.29, 1.82) is 0 Å². The molecule has 1 N–H and O–H groups in total. The third-order valence-electron chi connectivity index (χ3n) is 2.76. The molecule has 0 aromatic heterocycles. The van der Waals surface area contributed by atoms with Crippen molar-refractivity contribution in [2.24, 2.45) is 0 Å². The first-order valence-corrected chi connectivity index (χ1v) is 7.77. The second-order valence-electron chi connectivity index (χ2n) is 5.15. The van der Waals surface area contributed by atoms with Crippen molar-refractivity contribution in [2.45, 2.75) is 27.2 Å². The molecule has 0 aliphatic heterocycles. The highest BCUT2D eigenvalue weighted by Gasteiger charge is 2.15. The van der Waals surface area contributed by atoms with Gasteiger partial charge in [-0.2, -0.15) is 0 Å². The van der Waals surface area contributed by atoms with E-state index in [0.29, 0.717) is 22.3 Å². The van der Waals surface area contributed by atoms with Gasteiger partial charge in [0, 0.05) is 17.6 Å².